The van der Waals surface area contributed by atoms with Gasteiger partial charge in [-0.15, -0.1) is 10.2 Å². The molecule has 4 nitrogen and oxygen atoms in total. The van der Waals surface area contributed by atoms with Crippen LogP contribution in [0.5, 0.6) is 0 Å². The van der Waals surface area contributed by atoms with E-state index in [9.17, 15) is 4.79 Å². The molecular formula is C26H23N3OS. The quantitative estimate of drug-likeness (QED) is 0.368. The average Bonchev–Trinajstić information content (AvgIpc) is 2.81. The Morgan fingerprint density at radius 2 is 1.68 bits per heavy atom. The molecule has 0 saturated heterocycles. The molecule has 1 N–H and O–H groups in total. The molecule has 0 saturated carbocycles. The normalized spacial score (nSPS) is 10.6. The first kappa shape index (κ1) is 20.8. The highest BCUT2D eigenvalue weighted by Gasteiger charge is 2.08. The minimum absolute atomic E-state index is 0.109. The minimum Gasteiger partial charge on any atom is -0.322 e. The number of hydrogen-bond donors (Lipinski definition) is 1. The number of nitrogens with one attached hydrogen (secondary N) is 1. The molecule has 0 bridgehead atoms. The Bertz CT molecular complexity index is 1190. The van der Waals surface area contributed by atoms with E-state index in [4.69, 9.17) is 0 Å². The Morgan fingerprint density at radius 3 is 2.42 bits per heavy atom. The van der Waals surface area contributed by atoms with Gasteiger partial charge >= 0.3 is 0 Å². The van der Waals surface area contributed by atoms with Gasteiger partial charge in [-0.25, -0.2) is 0 Å². The number of rotatable bonds is 6. The fraction of sp³-hybridized carbons (Fsp3) is 0.115. The number of nitrogens with zero attached hydrogens (tertiary/aromatic N) is 2. The predicted molar refractivity (Wildman–Crippen MR) is 127 cm³/mol. The zero-order valence-corrected chi connectivity index (χ0v) is 18.3. The minimum atomic E-state index is -0.109. The highest BCUT2D eigenvalue weighted by atomic mass is 32.2. The van der Waals surface area contributed by atoms with Crippen molar-refractivity contribution in [1.29, 1.82) is 0 Å². The second kappa shape index (κ2) is 9.58. The zero-order chi connectivity index (χ0) is 21.6. The SMILES string of the molecule is Cc1ccc(NC(=O)c2cccc(CSc3ccc(-c4ccccc4)nn3)c2)cc1C. The van der Waals surface area contributed by atoms with Crippen molar-refractivity contribution in [3.05, 3.63) is 107 Å². The summed E-state index contributed by atoms with van der Waals surface area (Å²) >= 11 is 1.60. The number of aromatic nitrogens is 2. The third kappa shape index (κ3) is 5.38. The molecule has 1 amide bonds. The van der Waals surface area contributed by atoms with Crippen LogP contribution in [0, 0.1) is 13.8 Å². The number of amides is 1. The van der Waals surface area contributed by atoms with E-state index in [2.05, 4.69) is 22.4 Å². The third-order valence-electron chi connectivity index (χ3n) is 5.05. The van der Waals surface area contributed by atoms with Crippen molar-refractivity contribution >= 4 is 23.4 Å². The van der Waals surface area contributed by atoms with E-state index in [1.54, 1.807) is 11.8 Å². The monoisotopic (exact) mass is 425 g/mol. The van der Waals surface area contributed by atoms with Crippen LogP contribution in [-0.4, -0.2) is 16.1 Å². The molecule has 31 heavy (non-hydrogen) atoms. The second-order valence-electron chi connectivity index (χ2n) is 7.37. The van der Waals surface area contributed by atoms with Crippen LogP contribution in [0.4, 0.5) is 5.69 Å². The molecule has 154 valence electrons. The molecule has 0 radical (unpaired) electrons. The smallest absolute Gasteiger partial charge is 0.255 e. The summed E-state index contributed by atoms with van der Waals surface area (Å²) in [5.41, 5.74) is 6.78. The lowest BCUT2D eigenvalue weighted by molar-refractivity contribution is 0.102. The summed E-state index contributed by atoms with van der Waals surface area (Å²) in [5.74, 6) is 0.603. The maximum Gasteiger partial charge on any atom is 0.255 e. The standard InChI is InChI=1S/C26H23N3OS/c1-18-11-12-23(15-19(18)2)27-26(30)22-10-6-7-20(16-22)17-31-25-14-13-24(28-29-25)21-8-4-3-5-9-21/h3-16H,17H2,1-2H3,(H,27,30). The van der Waals surface area contributed by atoms with E-state index in [1.807, 2.05) is 91.9 Å². The molecule has 3 aromatic carbocycles. The number of thioether (sulfide) groups is 1. The van der Waals surface area contributed by atoms with Crippen LogP contribution < -0.4 is 5.32 Å². The molecule has 0 aliphatic heterocycles. The molecule has 4 aromatic rings. The van der Waals surface area contributed by atoms with Gasteiger partial charge in [0.25, 0.3) is 5.91 Å². The largest absolute Gasteiger partial charge is 0.322 e. The summed E-state index contributed by atoms with van der Waals surface area (Å²) in [7, 11) is 0. The van der Waals surface area contributed by atoms with E-state index in [1.165, 1.54) is 5.56 Å². The van der Waals surface area contributed by atoms with Gasteiger partial charge < -0.3 is 5.32 Å². The Kier molecular flexibility index (Phi) is 6.43. The molecule has 0 spiro atoms. The van der Waals surface area contributed by atoms with Gasteiger partial charge in [0.15, 0.2) is 0 Å². The summed E-state index contributed by atoms with van der Waals surface area (Å²) < 4.78 is 0. The molecule has 0 aliphatic rings. The fourth-order valence-electron chi connectivity index (χ4n) is 3.14. The molecule has 0 unspecified atom stereocenters. The number of hydrogen-bond acceptors (Lipinski definition) is 4. The highest BCUT2D eigenvalue weighted by Crippen LogP contribution is 2.23. The van der Waals surface area contributed by atoms with Gasteiger partial charge in [0.2, 0.25) is 0 Å². The number of carbonyl (C=O) groups excluding carboxylic acids is 1. The summed E-state index contributed by atoms with van der Waals surface area (Å²) in [5, 5.41) is 12.5. The Balaban J connectivity index is 1.39. The van der Waals surface area contributed by atoms with Crippen LogP contribution in [0.2, 0.25) is 0 Å². The van der Waals surface area contributed by atoms with Gasteiger partial charge in [-0.2, -0.15) is 0 Å². The lowest BCUT2D eigenvalue weighted by atomic mass is 10.1. The molecule has 1 aromatic heterocycles. The first-order valence-electron chi connectivity index (χ1n) is 10.1. The predicted octanol–water partition coefficient (Wildman–Crippen LogP) is 6.31. The van der Waals surface area contributed by atoms with Crippen molar-refractivity contribution in [2.75, 3.05) is 5.32 Å². The average molecular weight is 426 g/mol. The van der Waals surface area contributed by atoms with Crippen LogP contribution in [-0.2, 0) is 5.75 Å². The van der Waals surface area contributed by atoms with Crippen LogP contribution in [0.1, 0.15) is 27.0 Å². The maximum absolute atomic E-state index is 12.7. The molecule has 1 heterocycles. The van der Waals surface area contributed by atoms with Gasteiger partial charge in [-0.3, -0.25) is 4.79 Å². The highest BCUT2D eigenvalue weighted by molar-refractivity contribution is 7.98. The molecular weight excluding hydrogens is 402 g/mol. The van der Waals surface area contributed by atoms with Crippen LogP contribution in [0.3, 0.4) is 0 Å². The fourth-order valence-corrected chi connectivity index (χ4v) is 3.90. The number of carbonyl (C=O) groups is 1. The molecule has 0 atom stereocenters. The first-order valence-corrected chi connectivity index (χ1v) is 11.1. The van der Waals surface area contributed by atoms with Crippen molar-refractivity contribution in [3.8, 4) is 11.3 Å². The molecule has 4 rings (SSSR count). The van der Waals surface area contributed by atoms with Crippen molar-refractivity contribution in [1.82, 2.24) is 10.2 Å². The van der Waals surface area contributed by atoms with E-state index >= 15 is 0 Å². The van der Waals surface area contributed by atoms with Crippen molar-refractivity contribution < 1.29 is 4.79 Å². The van der Waals surface area contributed by atoms with E-state index in [-0.39, 0.29) is 5.91 Å². The topological polar surface area (TPSA) is 54.9 Å². The van der Waals surface area contributed by atoms with Crippen molar-refractivity contribution in [2.45, 2.75) is 24.6 Å². The Labute approximate surface area is 186 Å². The van der Waals surface area contributed by atoms with Crippen LogP contribution in [0.25, 0.3) is 11.3 Å². The van der Waals surface area contributed by atoms with Crippen LogP contribution in [0.15, 0.2) is 90.0 Å². The summed E-state index contributed by atoms with van der Waals surface area (Å²) in [6.45, 7) is 4.10. The first-order chi connectivity index (χ1) is 15.1. The lowest BCUT2D eigenvalue weighted by Crippen LogP contribution is -2.12. The molecule has 0 fully saturated rings. The Morgan fingerprint density at radius 1 is 0.839 bits per heavy atom. The molecule has 0 aliphatic carbocycles. The zero-order valence-electron chi connectivity index (χ0n) is 17.5. The van der Waals surface area contributed by atoms with Gasteiger partial charge in [-0.1, -0.05) is 60.3 Å². The maximum atomic E-state index is 12.7. The molecule has 5 heteroatoms. The number of benzene rings is 3. The third-order valence-corrected chi connectivity index (χ3v) is 6.04. The van der Waals surface area contributed by atoms with Crippen LogP contribution >= 0.6 is 11.8 Å². The second-order valence-corrected chi connectivity index (χ2v) is 8.36. The number of anilines is 1. The van der Waals surface area contributed by atoms with Gasteiger partial charge in [0, 0.05) is 22.6 Å². The van der Waals surface area contributed by atoms with E-state index in [0.29, 0.717) is 11.3 Å². The van der Waals surface area contributed by atoms with Gasteiger partial charge in [0.1, 0.15) is 5.03 Å². The van der Waals surface area contributed by atoms with Gasteiger partial charge in [0.05, 0.1) is 5.69 Å². The lowest BCUT2D eigenvalue weighted by Gasteiger charge is -2.09. The summed E-state index contributed by atoms with van der Waals surface area (Å²) in [6, 6.07) is 27.6. The van der Waals surface area contributed by atoms with Gasteiger partial charge in [-0.05, 0) is 66.9 Å². The van der Waals surface area contributed by atoms with E-state index in [0.717, 1.165) is 33.1 Å². The van der Waals surface area contributed by atoms with Crippen molar-refractivity contribution in [2.24, 2.45) is 0 Å². The Hall–Kier alpha value is -3.44. The summed E-state index contributed by atoms with van der Waals surface area (Å²) in [4.78, 5) is 12.7. The van der Waals surface area contributed by atoms with E-state index < -0.39 is 0 Å². The number of aryl methyl sites for hydroxylation is 2. The summed E-state index contributed by atoms with van der Waals surface area (Å²) in [6.07, 6.45) is 0. The van der Waals surface area contributed by atoms with Crippen molar-refractivity contribution in [3.63, 3.8) is 0 Å².